The zero-order valence-corrected chi connectivity index (χ0v) is 17.8. The Morgan fingerprint density at radius 2 is 1.03 bits per heavy atom. The van der Waals surface area contributed by atoms with Gasteiger partial charge in [0, 0.05) is 22.5 Å². The second kappa shape index (κ2) is 9.32. The summed E-state index contributed by atoms with van der Waals surface area (Å²) in [5.41, 5.74) is 3.12. The fourth-order valence-electron chi connectivity index (χ4n) is 2.93. The van der Waals surface area contributed by atoms with E-state index < -0.39 is 45.1 Å². The van der Waals surface area contributed by atoms with Gasteiger partial charge in [-0.25, -0.2) is 0 Å². The Labute approximate surface area is 176 Å². The molecule has 0 aliphatic rings. The topological polar surface area (TPSA) is 180 Å². The van der Waals surface area contributed by atoms with Crippen molar-refractivity contribution >= 4 is 44.9 Å². The molecule has 0 atom stereocenters. The molecule has 0 aromatic heterocycles. The maximum atomic E-state index is 12.1. The lowest BCUT2D eigenvalue weighted by Gasteiger charge is -2.22. The van der Waals surface area contributed by atoms with Gasteiger partial charge in [0.25, 0.3) is 0 Å². The number of carbonyl (C=O) groups excluding carboxylic acids is 2. The van der Waals surface area contributed by atoms with Gasteiger partial charge in [0.15, 0.2) is 0 Å². The Hall–Kier alpha value is -2.16. The molecular weight excluding hydrogens is 436 g/mol. The van der Waals surface area contributed by atoms with Crippen molar-refractivity contribution in [2.45, 2.75) is 13.8 Å². The average Bonchev–Trinajstić information content (AvgIpc) is 2.53. The molecule has 2 amide bonds. The summed E-state index contributed by atoms with van der Waals surface area (Å²) in [6.45, 7) is 3.54. The lowest BCUT2D eigenvalue weighted by Crippen LogP contribution is -2.22. The summed E-state index contributed by atoms with van der Waals surface area (Å²) >= 11 is 0. The summed E-state index contributed by atoms with van der Waals surface area (Å²) in [6, 6.07) is 10.0. The van der Waals surface area contributed by atoms with Gasteiger partial charge in [-0.2, -0.15) is 0 Å². The number of amides is 2. The monoisotopic (exact) mass is 460 g/mol. The maximum Gasteiger partial charge on any atom is 0.239 e. The SMILES string of the molecule is Cc1cccc(NC(=O)CS(O)(O)O)c1-c1c(C)cccc1NC(=O)CS(O)(O)O. The predicted octanol–water partition coefficient (Wildman–Crippen LogP) is 4.29. The number of rotatable bonds is 7. The minimum Gasteiger partial charge on any atom is -0.325 e. The minimum absolute atomic E-state index is 0.305. The molecule has 166 valence electrons. The van der Waals surface area contributed by atoms with Crippen LogP contribution in [0.25, 0.3) is 11.1 Å². The number of nitrogens with one attached hydrogen (secondary N) is 2. The van der Waals surface area contributed by atoms with Crippen LogP contribution in [0.1, 0.15) is 11.1 Å². The molecule has 2 aromatic carbocycles. The van der Waals surface area contributed by atoms with Gasteiger partial charge in [-0.05, 0) is 37.1 Å². The molecule has 0 spiro atoms. The van der Waals surface area contributed by atoms with Gasteiger partial charge in [-0.15, -0.1) is 0 Å². The average molecular weight is 461 g/mol. The largest absolute Gasteiger partial charge is 0.325 e. The van der Waals surface area contributed by atoms with Crippen molar-refractivity contribution in [3.05, 3.63) is 47.5 Å². The van der Waals surface area contributed by atoms with Crippen LogP contribution in [0, 0.1) is 13.8 Å². The van der Waals surface area contributed by atoms with Gasteiger partial charge < -0.3 is 38.0 Å². The summed E-state index contributed by atoms with van der Waals surface area (Å²) in [5, 5.41) is 5.05. The third kappa shape index (κ3) is 6.97. The van der Waals surface area contributed by atoms with E-state index in [1.807, 2.05) is 0 Å². The molecular formula is C18H24N2O8S2. The number of anilines is 2. The first kappa shape index (κ1) is 24.1. The first-order valence-corrected chi connectivity index (χ1v) is 11.9. The molecule has 0 radical (unpaired) electrons. The smallest absolute Gasteiger partial charge is 0.239 e. The normalized spacial score (nSPS) is 12.9. The molecule has 0 saturated heterocycles. The van der Waals surface area contributed by atoms with Crippen LogP contribution >= 0.6 is 21.7 Å². The zero-order valence-electron chi connectivity index (χ0n) is 16.2. The molecule has 2 aromatic rings. The third-order valence-electron chi connectivity index (χ3n) is 3.99. The van der Waals surface area contributed by atoms with Crippen molar-refractivity contribution in [3.63, 3.8) is 0 Å². The molecule has 2 rings (SSSR count). The van der Waals surface area contributed by atoms with E-state index in [0.29, 0.717) is 22.5 Å². The van der Waals surface area contributed by atoms with Crippen LogP contribution in [0.2, 0.25) is 0 Å². The van der Waals surface area contributed by atoms with E-state index in [4.69, 9.17) is 27.3 Å². The molecule has 0 bridgehead atoms. The van der Waals surface area contributed by atoms with Crippen molar-refractivity contribution in [3.8, 4) is 11.1 Å². The van der Waals surface area contributed by atoms with Crippen LogP contribution in [-0.2, 0) is 9.59 Å². The van der Waals surface area contributed by atoms with Crippen molar-refractivity contribution in [1.82, 2.24) is 0 Å². The van der Waals surface area contributed by atoms with E-state index in [1.54, 1.807) is 50.2 Å². The first-order valence-electron chi connectivity index (χ1n) is 8.53. The molecule has 10 nitrogen and oxygen atoms in total. The Kier molecular flexibility index (Phi) is 7.49. The Morgan fingerprint density at radius 3 is 1.33 bits per heavy atom. The lowest BCUT2D eigenvalue weighted by molar-refractivity contribution is -0.115. The summed E-state index contributed by atoms with van der Waals surface area (Å²) in [5.74, 6) is -3.44. The van der Waals surface area contributed by atoms with Crippen LogP contribution in [0.4, 0.5) is 11.4 Å². The highest BCUT2D eigenvalue weighted by Crippen LogP contribution is 2.40. The molecule has 30 heavy (non-hydrogen) atoms. The standard InChI is InChI=1S/C18H24N2O8S2/c1-11-5-3-7-13(19-15(21)9-29(23,24)25)17(11)18-12(2)6-4-8-14(18)20-16(22)10-30(26,27)28/h3-8,23-28H,9-10H2,1-2H3,(H,19,21)(H,20,22). The van der Waals surface area contributed by atoms with E-state index in [2.05, 4.69) is 10.6 Å². The zero-order chi connectivity index (χ0) is 22.7. The molecule has 0 fully saturated rings. The van der Waals surface area contributed by atoms with Crippen molar-refractivity contribution in [2.24, 2.45) is 0 Å². The van der Waals surface area contributed by atoms with Gasteiger partial charge in [-0.3, -0.25) is 9.59 Å². The van der Waals surface area contributed by atoms with Crippen molar-refractivity contribution in [2.75, 3.05) is 22.1 Å². The van der Waals surface area contributed by atoms with Gasteiger partial charge in [0.2, 0.25) is 11.8 Å². The van der Waals surface area contributed by atoms with Crippen LogP contribution in [-0.4, -0.2) is 50.6 Å². The molecule has 12 heteroatoms. The lowest BCUT2D eigenvalue weighted by atomic mass is 9.93. The molecule has 0 heterocycles. The molecule has 0 aliphatic heterocycles. The van der Waals surface area contributed by atoms with Gasteiger partial charge in [0.1, 0.15) is 11.5 Å². The quantitative estimate of drug-likeness (QED) is 0.301. The van der Waals surface area contributed by atoms with Gasteiger partial charge >= 0.3 is 0 Å². The van der Waals surface area contributed by atoms with E-state index in [0.717, 1.165) is 11.1 Å². The van der Waals surface area contributed by atoms with Crippen LogP contribution in [0.5, 0.6) is 0 Å². The second-order valence-corrected chi connectivity index (χ2v) is 9.75. The van der Waals surface area contributed by atoms with E-state index in [-0.39, 0.29) is 0 Å². The minimum atomic E-state index is -4.02. The Balaban J connectivity index is 2.49. The summed E-state index contributed by atoms with van der Waals surface area (Å²) in [6.07, 6.45) is 0. The Morgan fingerprint density at radius 1 is 0.700 bits per heavy atom. The third-order valence-corrected chi connectivity index (χ3v) is 5.29. The van der Waals surface area contributed by atoms with E-state index in [9.17, 15) is 9.59 Å². The number of hydrogen-bond donors (Lipinski definition) is 8. The van der Waals surface area contributed by atoms with Crippen LogP contribution < -0.4 is 10.6 Å². The Bertz CT molecular complexity index is 877. The van der Waals surface area contributed by atoms with Crippen LogP contribution in [0.3, 0.4) is 0 Å². The molecule has 0 aliphatic carbocycles. The van der Waals surface area contributed by atoms with Crippen molar-refractivity contribution < 1.29 is 36.9 Å². The molecule has 8 N–H and O–H groups in total. The highest BCUT2D eigenvalue weighted by atomic mass is 32.3. The highest BCUT2D eigenvalue weighted by molar-refractivity contribution is 8.20. The number of hydrogen-bond acceptors (Lipinski definition) is 8. The maximum absolute atomic E-state index is 12.1. The van der Waals surface area contributed by atoms with E-state index in [1.165, 1.54) is 0 Å². The summed E-state index contributed by atoms with van der Waals surface area (Å²) in [4.78, 5) is 24.2. The predicted molar refractivity (Wildman–Crippen MR) is 119 cm³/mol. The fourth-order valence-corrected chi connectivity index (χ4v) is 3.78. The van der Waals surface area contributed by atoms with Crippen molar-refractivity contribution in [1.29, 1.82) is 0 Å². The van der Waals surface area contributed by atoms with Gasteiger partial charge in [-0.1, -0.05) is 24.3 Å². The molecule has 0 saturated carbocycles. The van der Waals surface area contributed by atoms with Gasteiger partial charge in [0.05, 0.1) is 21.7 Å². The number of aryl methyl sites for hydroxylation is 2. The fraction of sp³-hybridized carbons (Fsp3) is 0.222. The molecule has 0 unspecified atom stereocenters. The first-order chi connectivity index (χ1) is 13.8. The van der Waals surface area contributed by atoms with E-state index >= 15 is 0 Å². The summed E-state index contributed by atoms with van der Waals surface area (Å²) in [7, 11) is -8.04. The number of benzene rings is 2. The summed E-state index contributed by atoms with van der Waals surface area (Å²) < 4.78 is 54.7. The highest BCUT2D eigenvalue weighted by Gasteiger charge is 2.23. The van der Waals surface area contributed by atoms with Crippen LogP contribution in [0.15, 0.2) is 36.4 Å². The second-order valence-electron chi connectivity index (χ2n) is 6.64. The number of carbonyl (C=O) groups is 2.